The van der Waals surface area contributed by atoms with Gasteiger partial charge < -0.3 is 10.6 Å². The van der Waals surface area contributed by atoms with Crippen molar-refractivity contribution in [3.8, 4) is 0 Å². The highest BCUT2D eigenvalue weighted by Gasteiger charge is 2.47. The summed E-state index contributed by atoms with van der Waals surface area (Å²) in [5, 5.41) is 5.89. The van der Waals surface area contributed by atoms with E-state index >= 15 is 0 Å². The van der Waals surface area contributed by atoms with Crippen LogP contribution in [-0.2, 0) is 9.59 Å². The molecule has 4 heteroatoms. The summed E-state index contributed by atoms with van der Waals surface area (Å²) < 4.78 is 0. The Labute approximate surface area is 127 Å². The first-order valence-corrected chi connectivity index (χ1v) is 8.45. The minimum absolute atomic E-state index is 0.0542. The van der Waals surface area contributed by atoms with Crippen molar-refractivity contribution >= 4 is 11.8 Å². The maximum absolute atomic E-state index is 12.0. The van der Waals surface area contributed by atoms with Crippen LogP contribution in [0.25, 0.3) is 0 Å². The van der Waals surface area contributed by atoms with E-state index in [0.717, 1.165) is 25.8 Å². The molecule has 118 valence electrons. The van der Waals surface area contributed by atoms with Gasteiger partial charge in [-0.25, -0.2) is 0 Å². The molecule has 2 unspecified atom stereocenters. The van der Waals surface area contributed by atoms with Gasteiger partial charge in [0.05, 0.1) is 11.8 Å². The van der Waals surface area contributed by atoms with Crippen LogP contribution in [0.4, 0.5) is 0 Å². The van der Waals surface area contributed by atoms with Gasteiger partial charge in [-0.1, -0.05) is 25.0 Å². The van der Waals surface area contributed by atoms with Gasteiger partial charge in [-0.2, -0.15) is 0 Å². The molecule has 2 aliphatic carbocycles. The van der Waals surface area contributed by atoms with Crippen molar-refractivity contribution in [1.82, 2.24) is 10.6 Å². The summed E-state index contributed by atoms with van der Waals surface area (Å²) in [6.07, 6.45) is 11.0. The van der Waals surface area contributed by atoms with Crippen molar-refractivity contribution in [3.05, 3.63) is 11.6 Å². The number of hydrogen-bond acceptors (Lipinski definition) is 2. The van der Waals surface area contributed by atoms with Gasteiger partial charge in [0.25, 0.3) is 0 Å². The van der Waals surface area contributed by atoms with Gasteiger partial charge in [0.1, 0.15) is 0 Å². The highest BCUT2D eigenvalue weighted by atomic mass is 16.2. The number of unbranched alkanes of at least 4 members (excludes halogenated alkanes) is 1. The lowest BCUT2D eigenvalue weighted by molar-refractivity contribution is -0.127. The second-order valence-corrected chi connectivity index (χ2v) is 6.24. The standard InChI is InChI=1S/C17H28N2O2/c1-2-3-10-18-16(20)14-12-15(14)17(21)19-11-9-13-7-5-4-6-8-13/h7,14-15H,2-6,8-12H2,1H3,(H,18,20)(H,19,21). The van der Waals surface area contributed by atoms with Crippen molar-refractivity contribution in [2.24, 2.45) is 11.8 Å². The highest BCUT2D eigenvalue weighted by Crippen LogP contribution is 2.38. The van der Waals surface area contributed by atoms with E-state index in [9.17, 15) is 9.59 Å². The molecule has 2 atom stereocenters. The second-order valence-electron chi connectivity index (χ2n) is 6.24. The molecule has 0 radical (unpaired) electrons. The smallest absolute Gasteiger partial charge is 0.223 e. The summed E-state index contributed by atoms with van der Waals surface area (Å²) in [6.45, 7) is 3.54. The van der Waals surface area contributed by atoms with Gasteiger partial charge in [-0.05, 0) is 44.9 Å². The summed E-state index contributed by atoms with van der Waals surface area (Å²) in [5.74, 6) is -0.0663. The molecule has 0 saturated heterocycles. The van der Waals surface area contributed by atoms with Gasteiger partial charge >= 0.3 is 0 Å². The van der Waals surface area contributed by atoms with E-state index in [1.165, 1.54) is 31.3 Å². The van der Waals surface area contributed by atoms with Crippen LogP contribution in [0, 0.1) is 11.8 Å². The second kappa shape index (κ2) is 8.20. The van der Waals surface area contributed by atoms with E-state index in [1.54, 1.807) is 0 Å². The molecule has 0 aliphatic heterocycles. The fraction of sp³-hybridized carbons (Fsp3) is 0.765. The lowest BCUT2D eigenvalue weighted by Crippen LogP contribution is -2.31. The molecule has 0 heterocycles. The molecule has 21 heavy (non-hydrogen) atoms. The molecule has 2 aliphatic rings. The topological polar surface area (TPSA) is 58.2 Å². The first-order chi connectivity index (χ1) is 10.2. The van der Waals surface area contributed by atoms with Crippen LogP contribution in [0.5, 0.6) is 0 Å². The van der Waals surface area contributed by atoms with Crippen LogP contribution < -0.4 is 10.6 Å². The van der Waals surface area contributed by atoms with Crippen LogP contribution in [0.15, 0.2) is 11.6 Å². The number of carbonyl (C=O) groups excluding carboxylic acids is 2. The molecule has 1 saturated carbocycles. The van der Waals surface area contributed by atoms with Gasteiger partial charge in [-0.15, -0.1) is 0 Å². The quantitative estimate of drug-likeness (QED) is 0.533. The third kappa shape index (κ3) is 5.18. The first-order valence-electron chi connectivity index (χ1n) is 8.45. The summed E-state index contributed by atoms with van der Waals surface area (Å²) in [6, 6.07) is 0. The Morgan fingerprint density at radius 2 is 1.86 bits per heavy atom. The molecule has 0 aromatic carbocycles. The largest absolute Gasteiger partial charge is 0.356 e. The SMILES string of the molecule is CCCCNC(=O)C1CC1C(=O)NCCC1=CCCCC1. The Kier molecular flexibility index (Phi) is 6.27. The predicted molar refractivity (Wildman–Crippen MR) is 83.7 cm³/mol. The summed E-state index contributed by atoms with van der Waals surface area (Å²) in [4.78, 5) is 23.8. The zero-order chi connectivity index (χ0) is 15.1. The van der Waals surface area contributed by atoms with Gasteiger partial charge in [0, 0.05) is 13.1 Å². The molecule has 2 rings (SSSR count). The molecular formula is C17H28N2O2. The Balaban J connectivity index is 1.59. The van der Waals surface area contributed by atoms with E-state index in [4.69, 9.17) is 0 Å². The summed E-state index contributed by atoms with van der Waals surface area (Å²) in [5.41, 5.74) is 1.48. The van der Waals surface area contributed by atoms with Crippen molar-refractivity contribution in [1.29, 1.82) is 0 Å². The lowest BCUT2D eigenvalue weighted by Gasteiger charge is -2.12. The Hall–Kier alpha value is -1.32. The van der Waals surface area contributed by atoms with Crippen LogP contribution in [0.1, 0.15) is 58.3 Å². The van der Waals surface area contributed by atoms with E-state index in [0.29, 0.717) is 13.0 Å². The van der Waals surface area contributed by atoms with E-state index in [1.807, 2.05) is 0 Å². The van der Waals surface area contributed by atoms with Gasteiger partial charge in [0.2, 0.25) is 11.8 Å². The minimum Gasteiger partial charge on any atom is -0.356 e. The third-order valence-corrected chi connectivity index (χ3v) is 4.42. The highest BCUT2D eigenvalue weighted by molar-refractivity contribution is 5.92. The maximum Gasteiger partial charge on any atom is 0.223 e. The molecule has 4 nitrogen and oxygen atoms in total. The minimum atomic E-state index is -0.0908. The third-order valence-electron chi connectivity index (χ3n) is 4.42. The van der Waals surface area contributed by atoms with Gasteiger partial charge in [0.15, 0.2) is 0 Å². The van der Waals surface area contributed by atoms with E-state index < -0.39 is 0 Å². The first kappa shape index (κ1) is 16.1. The normalized spacial score (nSPS) is 24.1. The number of nitrogens with one attached hydrogen (secondary N) is 2. The van der Waals surface area contributed by atoms with Crippen LogP contribution >= 0.6 is 0 Å². The molecule has 0 aromatic heterocycles. The Morgan fingerprint density at radius 1 is 1.14 bits per heavy atom. The zero-order valence-corrected chi connectivity index (χ0v) is 13.1. The fourth-order valence-corrected chi connectivity index (χ4v) is 2.90. The zero-order valence-electron chi connectivity index (χ0n) is 13.1. The number of carbonyl (C=O) groups is 2. The Morgan fingerprint density at radius 3 is 2.48 bits per heavy atom. The lowest BCUT2D eigenvalue weighted by atomic mass is 9.97. The number of allylic oxidation sites excluding steroid dienone is 1. The van der Waals surface area contributed by atoms with Crippen molar-refractivity contribution < 1.29 is 9.59 Å². The number of rotatable bonds is 8. The van der Waals surface area contributed by atoms with E-state index in [2.05, 4.69) is 23.6 Å². The van der Waals surface area contributed by atoms with Crippen molar-refractivity contribution in [2.45, 2.75) is 58.3 Å². The predicted octanol–water partition coefficient (Wildman–Crippen LogP) is 2.55. The molecule has 2 N–H and O–H groups in total. The monoisotopic (exact) mass is 292 g/mol. The molecule has 1 fully saturated rings. The number of amides is 2. The maximum atomic E-state index is 12.0. The molecule has 0 spiro atoms. The average Bonchev–Trinajstić information content (AvgIpc) is 3.29. The molecular weight excluding hydrogens is 264 g/mol. The van der Waals surface area contributed by atoms with Crippen LogP contribution in [0.3, 0.4) is 0 Å². The van der Waals surface area contributed by atoms with Gasteiger partial charge in [-0.3, -0.25) is 9.59 Å². The van der Waals surface area contributed by atoms with Crippen molar-refractivity contribution in [3.63, 3.8) is 0 Å². The molecule has 0 aromatic rings. The summed E-state index contributed by atoms with van der Waals surface area (Å²) >= 11 is 0. The number of hydrogen-bond donors (Lipinski definition) is 2. The van der Waals surface area contributed by atoms with E-state index in [-0.39, 0.29) is 23.7 Å². The Bertz CT molecular complexity index is 404. The van der Waals surface area contributed by atoms with Crippen LogP contribution in [0.2, 0.25) is 0 Å². The fourth-order valence-electron chi connectivity index (χ4n) is 2.90. The molecule has 0 bridgehead atoms. The molecule has 2 amide bonds. The van der Waals surface area contributed by atoms with Crippen molar-refractivity contribution in [2.75, 3.05) is 13.1 Å². The average molecular weight is 292 g/mol. The summed E-state index contributed by atoms with van der Waals surface area (Å²) in [7, 11) is 0. The van der Waals surface area contributed by atoms with Crippen LogP contribution in [-0.4, -0.2) is 24.9 Å².